The van der Waals surface area contributed by atoms with Gasteiger partial charge in [-0.25, -0.2) is 4.98 Å². The molecular weight excluding hydrogens is 316 g/mol. The standard InChI is InChI=1S/C16H15ClN4S/c1-10(13-9-18-14-5-3-2-4-12(13)14)20-16(22)21-15-7-6-11(17)8-19-15/h2-10,18H,1H3,(H2,19,20,21,22). The van der Waals surface area contributed by atoms with Crippen molar-refractivity contribution in [3.63, 3.8) is 0 Å². The fourth-order valence-electron chi connectivity index (χ4n) is 2.33. The molecule has 1 aromatic carbocycles. The van der Waals surface area contributed by atoms with Crippen molar-refractivity contribution in [1.82, 2.24) is 15.3 Å². The SMILES string of the molecule is CC(NC(=S)Nc1ccc(Cl)cn1)c1c[nH]c2ccccc12. The summed E-state index contributed by atoms with van der Waals surface area (Å²) in [6, 6.07) is 11.8. The van der Waals surface area contributed by atoms with Crippen molar-refractivity contribution < 1.29 is 0 Å². The molecular formula is C16H15ClN4S. The molecule has 2 heterocycles. The number of benzene rings is 1. The molecule has 1 unspecified atom stereocenters. The molecule has 3 aromatic rings. The average molecular weight is 331 g/mol. The fourth-order valence-corrected chi connectivity index (χ4v) is 2.72. The minimum atomic E-state index is 0.0726. The molecule has 112 valence electrons. The van der Waals surface area contributed by atoms with Gasteiger partial charge in [0.2, 0.25) is 0 Å². The van der Waals surface area contributed by atoms with Gasteiger partial charge in [-0.15, -0.1) is 0 Å². The molecule has 3 N–H and O–H groups in total. The zero-order chi connectivity index (χ0) is 15.5. The maximum absolute atomic E-state index is 5.81. The molecule has 1 atom stereocenters. The van der Waals surface area contributed by atoms with E-state index in [4.69, 9.17) is 23.8 Å². The molecule has 22 heavy (non-hydrogen) atoms. The van der Waals surface area contributed by atoms with Crippen LogP contribution in [0.4, 0.5) is 5.82 Å². The van der Waals surface area contributed by atoms with Crippen LogP contribution in [-0.2, 0) is 0 Å². The minimum absolute atomic E-state index is 0.0726. The second-order valence-corrected chi connectivity index (χ2v) is 5.82. The molecule has 0 spiro atoms. The lowest BCUT2D eigenvalue weighted by Gasteiger charge is -2.16. The number of H-pyrrole nitrogens is 1. The number of thiocarbonyl (C=S) groups is 1. The Balaban J connectivity index is 1.69. The summed E-state index contributed by atoms with van der Waals surface area (Å²) in [7, 11) is 0. The van der Waals surface area contributed by atoms with Crippen molar-refractivity contribution in [2.45, 2.75) is 13.0 Å². The Hall–Kier alpha value is -2.11. The summed E-state index contributed by atoms with van der Waals surface area (Å²) in [4.78, 5) is 7.43. The van der Waals surface area contributed by atoms with Crippen LogP contribution in [0.3, 0.4) is 0 Å². The molecule has 0 saturated heterocycles. The first-order valence-electron chi connectivity index (χ1n) is 6.88. The number of aromatic amines is 1. The summed E-state index contributed by atoms with van der Waals surface area (Å²) in [5, 5.41) is 8.62. The first-order valence-corrected chi connectivity index (χ1v) is 7.67. The van der Waals surface area contributed by atoms with Gasteiger partial charge in [-0.2, -0.15) is 0 Å². The van der Waals surface area contributed by atoms with Crippen molar-refractivity contribution >= 4 is 45.7 Å². The zero-order valence-electron chi connectivity index (χ0n) is 11.9. The highest BCUT2D eigenvalue weighted by Crippen LogP contribution is 2.23. The van der Waals surface area contributed by atoms with Crippen LogP contribution in [0.2, 0.25) is 5.02 Å². The van der Waals surface area contributed by atoms with Crippen molar-refractivity contribution in [2.75, 3.05) is 5.32 Å². The Bertz CT molecular complexity index is 797. The third-order valence-corrected chi connectivity index (χ3v) is 3.85. The van der Waals surface area contributed by atoms with Gasteiger partial charge in [0.05, 0.1) is 11.1 Å². The normalized spacial score (nSPS) is 12.1. The highest BCUT2D eigenvalue weighted by atomic mass is 35.5. The van der Waals surface area contributed by atoms with Gasteiger partial charge in [-0.3, -0.25) is 0 Å². The van der Waals surface area contributed by atoms with Gasteiger partial charge >= 0.3 is 0 Å². The predicted octanol–water partition coefficient (Wildman–Crippen LogP) is 4.26. The maximum atomic E-state index is 5.81. The van der Waals surface area contributed by atoms with E-state index in [1.807, 2.05) is 18.3 Å². The van der Waals surface area contributed by atoms with E-state index >= 15 is 0 Å². The quantitative estimate of drug-likeness (QED) is 0.628. The second kappa shape index (κ2) is 6.34. The van der Waals surface area contributed by atoms with Gasteiger partial charge in [-0.05, 0) is 42.9 Å². The molecule has 0 aliphatic carbocycles. The smallest absolute Gasteiger partial charge is 0.172 e. The van der Waals surface area contributed by atoms with E-state index in [1.165, 1.54) is 10.9 Å². The monoisotopic (exact) mass is 330 g/mol. The number of nitrogens with zero attached hydrogens (tertiary/aromatic N) is 1. The Kier molecular flexibility index (Phi) is 4.27. The van der Waals surface area contributed by atoms with Crippen LogP contribution in [0.1, 0.15) is 18.5 Å². The van der Waals surface area contributed by atoms with Crippen molar-refractivity contribution in [1.29, 1.82) is 0 Å². The summed E-state index contributed by atoms with van der Waals surface area (Å²) in [5.41, 5.74) is 2.29. The van der Waals surface area contributed by atoms with Crippen LogP contribution in [-0.4, -0.2) is 15.1 Å². The van der Waals surface area contributed by atoms with Crippen molar-refractivity contribution in [2.24, 2.45) is 0 Å². The molecule has 0 bridgehead atoms. The Morgan fingerprint density at radius 3 is 2.86 bits per heavy atom. The van der Waals surface area contributed by atoms with Gasteiger partial charge < -0.3 is 15.6 Å². The van der Waals surface area contributed by atoms with Crippen LogP contribution in [0.25, 0.3) is 10.9 Å². The lowest BCUT2D eigenvalue weighted by atomic mass is 10.1. The van der Waals surface area contributed by atoms with Crippen LogP contribution in [0, 0.1) is 0 Å². The number of para-hydroxylation sites is 1. The largest absolute Gasteiger partial charge is 0.361 e. The number of hydrogen-bond acceptors (Lipinski definition) is 2. The van der Waals surface area contributed by atoms with Crippen LogP contribution in [0.15, 0.2) is 48.8 Å². The third-order valence-electron chi connectivity index (χ3n) is 3.40. The number of halogens is 1. The van der Waals surface area contributed by atoms with E-state index in [1.54, 1.807) is 18.3 Å². The second-order valence-electron chi connectivity index (χ2n) is 4.97. The molecule has 0 fully saturated rings. The zero-order valence-corrected chi connectivity index (χ0v) is 13.5. The summed E-state index contributed by atoms with van der Waals surface area (Å²) < 4.78 is 0. The van der Waals surface area contributed by atoms with E-state index in [-0.39, 0.29) is 6.04 Å². The first-order chi connectivity index (χ1) is 10.6. The molecule has 0 saturated carbocycles. The molecule has 0 aliphatic heterocycles. The topological polar surface area (TPSA) is 52.7 Å². The van der Waals surface area contributed by atoms with E-state index < -0.39 is 0 Å². The van der Waals surface area contributed by atoms with E-state index in [9.17, 15) is 0 Å². The van der Waals surface area contributed by atoms with E-state index in [0.717, 1.165) is 5.52 Å². The molecule has 4 nitrogen and oxygen atoms in total. The Morgan fingerprint density at radius 1 is 1.27 bits per heavy atom. The molecule has 0 radical (unpaired) electrons. The molecule has 3 rings (SSSR count). The fraction of sp³-hybridized carbons (Fsp3) is 0.125. The van der Waals surface area contributed by atoms with Crippen LogP contribution in [0.5, 0.6) is 0 Å². The molecule has 0 aliphatic rings. The minimum Gasteiger partial charge on any atom is -0.361 e. The van der Waals surface area contributed by atoms with Gasteiger partial charge in [-0.1, -0.05) is 29.8 Å². The van der Waals surface area contributed by atoms with E-state index in [2.05, 4.69) is 39.7 Å². The number of nitrogens with one attached hydrogen (secondary N) is 3. The Morgan fingerprint density at radius 2 is 2.09 bits per heavy atom. The number of aromatic nitrogens is 2. The maximum Gasteiger partial charge on any atom is 0.172 e. The number of pyridine rings is 1. The highest BCUT2D eigenvalue weighted by Gasteiger charge is 2.12. The first kappa shape index (κ1) is 14.8. The number of rotatable bonds is 3. The lowest BCUT2D eigenvalue weighted by Crippen LogP contribution is -2.31. The predicted molar refractivity (Wildman–Crippen MR) is 95.3 cm³/mol. The Labute approximate surface area is 138 Å². The third kappa shape index (κ3) is 3.21. The van der Waals surface area contributed by atoms with Gasteiger partial charge in [0.15, 0.2) is 5.11 Å². The van der Waals surface area contributed by atoms with Gasteiger partial charge in [0.25, 0.3) is 0 Å². The summed E-state index contributed by atoms with van der Waals surface area (Å²) in [6.45, 7) is 2.07. The van der Waals surface area contributed by atoms with Crippen LogP contribution < -0.4 is 10.6 Å². The summed E-state index contributed by atoms with van der Waals surface area (Å²) >= 11 is 11.1. The van der Waals surface area contributed by atoms with Gasteiger partial charge in [0, 0.05) is 23.3 Å². The number of anilines is 1. The molecule has 6 heteroatoms. The average Bonchev–Trinajstić information content (AvgIpc) is 2.93. The molecule has 0 amide bonds. The lowest BCUT2D eigenvalue weighted by molar-refractivity contribution is 0.728. The highest BCUT2D eigenvalue weighted by molar-refractivity contribution is 7.80. The van der Waals surface area contributed by atoms with E-state index in [0.29, 0.717) is 16.0 Å². The number of hydrogen-bond donors (Lipinski definition) is 3. The number of fused-ring (bicyclic) bond motifs is 1. The molecule has 2 aromatic heterocycles. The van der Waals surface area contributed by atoms with Crippen LogP contribution >= 0.6 is 23.8 Å². The van der Waals surface area contributed by atoms with Gasteiger partial charge in [0.1, 0.15) is 5.82 Å². The van der Waals surface area contributed by atoms with Crippen molar-refractivity contribution in [3.8, 4) is 0 Å². The summed E-state index contributed by atoms with van der Waals surface area (Å²) in [5.74, 6) is 0.660. The van der Waals surface area contributed by atoms with Crippen molar-refractivity contribution in [3.05, 3.63) is 59.4 Å². The summed E-state index contributed by atoms with van der Waals surface area (Å²) in [6.07, 6.45) is 3.58.